The molecule has 4 heteroatoms. The highest BCUT2D eigenvalue weighted by molar-refractivity contribution is 5.60. The van der Waals surface area contributed by atoms with E-state index in [2.05, 4.69) is 24.0 Å². The zero-order valence-electron chi connectivity index (χ0n) is 12.0. The summed E-state index contributed by atoms with van der Waals surface area (Å²) in [5.74, 6) is 0.943. The van der Waals surface area contributed by atoms with E-state index >= 15 is 0 Å². The Bertz CT molecular complexity index is 419. The zero-order valence-corrected chi connectivity index (χ0v) is 12.0. The van der Waals surface area contributed by atoms with Crippen LogP contribution in [0.4, 0.5) is 5.69 Å². The molecule has 1 heterocycles. The Kier molecular flexibility index (Phi) is 4.32. The Labute approximate surface area is 115 Å². The van der Waals surface area contributed by atoms with Crippen molar-refractivity contribution < 1.29 is 4.74 Å². The van der Waals surface area contributed by atoms with Crippen molar-refractivity contribution in [2.75, 3.05) is 38.2 Å². The van der Waals surface area contributed by atoms with Gasteiger partial charge in [0.2, 0.25) is 0 Å². The second-order valence-electron chi connectivity index (χ2n) is 5.57. The maximum atomic E-state index is 5.89. The lowest BCUT2D eigenvalue weighted by Gasteiger charge is -2.41. The van der Waals surface area contributed by atoms with Gasteiger partial charge in [-0.25, -0.2) is 0 Å². The molecule has 0 spiro atoms. The van der Waals surface area contributed by atoms with Crippen LogP contribution in [0.5, 0.6) is 5.75 Å². The number of methoxy groups -OCH3 is 1. The molecule has 0 saturated carbocycles. The number of ether oxygens (including phenoxy) is 1. The Morgan fingerprint density at radius 2 is 1.84 bits per heavy atom. The van der Waals surface area contributed by atoms with E-state index in [1.165, 1.54) is 11.3 Å². The number of nitrogens with two attached hydrogens (primary N) is 2. The van der Waals surface area contributed by atoms with Crippen LogP contribution in [-0.4, -0.2) is 33.3 Å². The average Bonchev–Trinajstić information content (AvgIpc) is 2.47. The Morgan fingerprint density at radius 1 is 1.21 bits per heavy atom. The Balaban J connectivity index is 2.15. The van der Waals surface area contributed by atoms with E-state index in [9.17, 15) is 0 Å². The van der Waals surface area contributed by atoms with Crippen molar-refractivity contribution in [2.45, 2.75) is 19.8 Å². The summed E-state index contributed by atoms with van der Waals surface area (Å²) < 4.78 is 5.47. The molecule has 0 amide bonds. The standard InChI is InChI=1S/C15H25N3O/c1-12-3-4-14(19-2)13(9-12)18-7-5-15(10-16,11-17)6-8-18/h3-4,9H,5-8,10-11,16-17H2,1-2H3. The van der Waals surface area contributed by atoms with Gasteiger partial charge >= 0.3 is 0 Å². The highest BCUT2D eigenvalue weighted by atomic mass is 16.5. The number of aryl methyl sites for hydroxylation is 1. The topological polar surface area (TPSA) is 64.5 Å². The van der Waals surface area contributed by atoms with Crippen LogP contribution in [0.15, 0.2) is 18.2 Å². The van der Waals surface area contributed by atoms with Crippen molar-refractivity contribution >= 4 is 5.69 Å². The Morgan fingerprint density at radius 3 is 2.37 bits per heavy atom. The summed E-state index contributed by atoms with van der Waals surface area (Å²) in [6.07, 6.45) is 2.11. The third kappa shape index (κ3) is 2.85. The predicted octanol–water partition coefficient (Wildman–Crippen LogP) is 1.51. The summed E-state index contributed by atoms with van der Waals surface area (Å²) in [6.45, 7) is 5.46. The van der Waals surface area contributed by atoms with Gasteiger partial charge in [-0.05, 0) is 56.0 Å². The first-order valence-corrected chi connectivity index (χ1v) is 6.94. The summed E-state index contributed by atoms with van der Waals surface area (Å²) in [5.41, 5.74) is 14.4. The van der Waals surface area contributed by atoms with E-state index in [0.717, 1.165) is 31.7 Å². The van der Waals surface area contributed by atoms with Gasteiger partial charge in [-0.3, -0.25) is 0 Å². The van der Waals surface area contributed by atoms with E-state index in [4.69, 9.17) is 16.2 Å². The first-order valence-electron chi connectivity index (χ1n) is 6.94. The van der Waals surface area contributed by atoms with Crippen molar-refractivity contribution in [3.8, 4) is 5.75 Å². The van der Waals surface area contributed by atoms with Crippen molar-refractivity contribution in [3.05, 3.63) is 23.8 Å². The minimum absolute atomic E-state index is 0.133. The van der Waals surface area contributed by atoms with Crippen LogP contribution in [0.3, 0.4) is 0 Å². The van der Waals surface area contributed by atoms with Crippen molar-refractivity contribution in [2.24, 2.45) is 16.9 Å². The summed E-state index contributed by atoms with van der Waals surface area (Å²) >= 11 is 0. The molecular weight excluding hydrogens is 238 g/mol. The fourth-order valence-corrected chi connectivity index (χ4v) is 2.76. The smallest absolute Gasteiger partial charge is 0.142 e. The van der Waals surface area contributed by atoms with Crippen LogP contribution in [-0.2, 0) is 0 Å². The van der Waals surface area contributed by atoms with Crippen molar-refractivity contribution in [1.82, 2.24) is 0 Å². The van der Waals surface area contributed by atoms with E-state index < -0.39 is 0 Å². The average molecular weight is 263 g/mol. The van der Waals surface area contributed by atoms with Crippen molar-refractivity contribution in [3.63, 3.8) is 0 Å². The van der Waals surface area contributed by atoms with Crippen LogP contribution < -0.4 is 21.1 Å². The van der Waals surface area contributed by atoms with Crippen molar-refractivity contribution in [1.29, 1.82) is 0 Å². The van der Waals surface area contributed by atoms with Gasteiger partial charge in [-0.1, -0.05) is 6.07 Å². The maximum Gasteiger partial charge on any atom is 0.142 e. The lowest BCUT2D eigenvalue weighted by molar-refractivity contribution is 0.237. The predicted molar refractivity (Wildman–Crippen MR) is 79.7 cm³/mol. The number of piperidine rings is 1. The van der Waals surface area contributed by atoms with Gasteiger partial charge in [0.1, 0.15) is 5.75 Å². The third-order valence-electron chi connectivity index (χ3n) is 4.37. The van der Waals surface area contributed by atoms with E-state index in [1.807, 2.05) is 6.07 Å². The van der Waals surface area contributed by atoms with E-state index in [0.29, 0.717) is 13.1 Å². The first kappa shape index (κ1) is 14.2. The zero-order chi connectivity index (χ0) is 13.9. The number of hydrogen-bond acceptors (Lipinski definition) is 4. The van der Waals surface area contributed by atoms with Gasteiger partial charge in [0, 0.05) is 13.1 Å². The van der Waals surface area contributed by atoms with E-state index in [-0.39, 0.29) is 5.41 Å². The van der Waals surface area contributed by atoms with Gasteiger partial charge in [0.05, 0.1) is 12.8 Å². The lowest BCUT2D eigenvalue weighted by atomic mass is 9.78. The quantitative estimate of drug-likeness (QED) is 0.864. The number of nitrogens with zero attached hydrogens (tertiary/aromatic N) is 1. The fourth-order valence-electron chi connectivity index (χ4n) is 2.76. The summed E-state index contributed by atoms with van der Waals surface area (Å²) in [4.78, 5) is 2.38. The van der Waals surface area contributed by atoms with Gasteiger partial charge in [-0.2, -0.15) is 0 Å². The molecule has 0 aromatic heterocycles. The molecule has 1 saturated heterocycles. The molecule has 1 aromatic carbocycles. The van der Waals surface area contributed by atoms with Gasteiger partial charge in [0.25, 0.3) is 0 Å². The number of anilines is 1. The lowest BCUT2D eigenvalue weighted by Crippen LogP contribution is -2.48. The highest BCUT2D eigenvalue weighted by Gasteiger charge is 2.32. The number of rotatable bonds is 4. The van der Waals surface area contributed by atoms with Crippen LogP contribution in [0.25, 0.3) is 0 Å². The second-order valence-corrected chi connectivity index (χ2v) is 5.57. The molecule has 1 fully saturated rings. The second kappa shape index (κ2) is 5.80. The molecule has 0 bridgehead atoms. The molecular formula is C15H25N3O. The molecule has 0 atom stereocenters. The van der Waals surface area contributed by atoms with Crippen LogP contribution in [0.1, 0.15) is 18.4 Å². The first-order chi connectivity index (χ1) is 9.14. The molecule has 0 aliphatic carbocycles. The molecule has 4 N–H and O–H groups in total. The summed E-state index contributed by atoms with van der Waals surface area (Å²) in [7, 11) is 1.72. The van der Waals surface area contributed by atoms with Crippen LogP contribution in [0.2, 0.25) is 0 Å². The largest absolute Gasteiger partial charge is 0.495 e. The highest BCUT2D eigenvalue weighted by Crippen LogP contribution is 2.36. The molecule has 1 aromatic rings. The van der Waals surface area contributed by atoms with Crippen LogP contribution >= 0.6 is 0 Å². The normalized spacial score (nSPS) is 18.4. The summed E-state index contributed by atoms with van der Waals surface area (Å²) in [6, 6.07) is 6.31. The van der Waals surface area contributed by atoms with Gasteiger partial charge in [-0.15, -0.1) is 0 Å². The maximum absolute atomic E-state index is 5.89. The number of benzene rings is 1. The molecule has 4 nitrogen and oxygen atoms in total. The molecule has 106 valence electrons. The molecule has 0 unspecified atom stereocenters. The minimum atomic E-state index is 0.133. The molecule has 0 radical (unpaired) electrons. The molecule has 19 heavy (non-hydrogen) atoms. The number of hydrogen-bond donors (Lipinski definition) is 2. The SMILES string of the molecule is COc1ccc(C)cc1N1CCC(CN)(CN)CC1. The summed E-state index contributed by atoms with van der Waals surface area (Å²) in [5, 5.41) is 0. The van der Waals surface area contributed by atoms with Gasteiger partial charge in [0.15, 0.2) is 0 Å². The van der Waals surface area contributed by atoms with E-state index in [1.54, 1.807) is 7.11 Å². The monoisotopic (exact) mass is 263 g/mol. The molecule has 1 aliphatic heterocycles. The van der Waals surface area contributed by atoms with Gasteiger partial charge < -0.3 is 21.1 Å². The third-order valence-corrected chi connectivity index (χ3v) is 4.37. The Hall–Kier alpha value is -1.26. The molecule has 2 rings (SSSR count). The minimum Gasteiger partial charge on any atom is -0.495 e. The van der Waals surface area contributed by atoms with Crippen LogP contribution in [0, 0.1) is 12.3 Å². The molecule has 1 aliphatic rings. The fraction of sp³-hybridized carbons (Fsp3) is 0.600.